The fourth-order valence-electron chi connectivity index (χ4n) is 1.57. The maximum absolute atomic E-state index is 11.7. The van der Waals surface area contributed by atoms with E-state index in [0.717, 1.165) is 11.3 Å². The third-order valence-electron chi connectivity index (χ3n) is 2.57. The highest BCUT2D eigenvalue weighted by Crippen LogP contribution is 2.17. The zero-order valence-corrected chi connectivity index (χ0v) is 11.0. The molecule has 18 heavy (non-hydrogen) atoms. The first-order chi connectivity index (χ1) is 8.70. The number of aromatic nitrogens is 2. The molecule has 4 nitrogen and oxygen atoms in total. The Morgan fingerprint density at radius 1 is 1.39 bits per heavy atom. The van der Waals surface area contributed by atoms with Crippen LogP contribution in [0.5, 0.6) is 0 Å². The highest BCUT2D eigenvalue weighted by molar-refractivity contribution is 7.80. The van der Waals surface area contributed by atoms with Gasteiger partial charge in [0.1, 0.15) is 5.69 Å². The monoisotopic (exact) mass is 261 g/mol. The van der Waals surface area contributed by atoms with Crippen molar-refractivity contribution in [3.63, 3.8) is 0 Å². The average molecular weight is 261 g/mol. The van der Waals surface area contributed by atoms with Crippen molar-refractivity contribution in [2.24, 2.45) is 0 Å². The van der Waals surface area contributed by atoms with E-state index < -0.39 is 0 Å². The number of nitrogens with zero attached hydrogens (tertiary/aromatic N) is 1. The Balaban J connectivity index is 2.15. The molecule has 0 bridgehead atoms. The second kappa shape index (κ2) is 5.73. The maximum Gasteiger partial charge on any atom is 0.269 e. The lowest BCUT2D eigenvalue weighted by molar-refractivity contribution is 0.0951. The summed E-state index contributed by atoms with van der Waals surface area (Å²) in [5, 5.41) is 9.62. The van der Waals surface area contributed by atoms with Gasteiger partial charge in [-0.05, 0) is 13.0 Å². The molecule has 1 aromatic carbocycles. The lowest BCUT2D eigenvalue weighted by Gasteiger charge is -1.98. The van der Waals surface area contributed by atoms with Gasteiger partial charge in [0.2, 0.25) is 0 Å². The van der Waals surface area contributed by atoms with Crippen molar-refractivity contribution < 1.29 is 4.79 Å². The first-order valence-electron chi connectivity index (χ1n) is 5.72. The summed E-state index contributed by atoms with van der Waals surface area (Å²) in [5.41, 5.74) is 3.42. The van der Waals surface area contributed by atoms with Crippen LogP contribution < -0.4 is 5.32 Å². The molecule has 2 rings (SSSR count). The predicted molar refractivity (Wildman–Crippen MR) is 74.9 cm³/mol. The Hall–Kier alpha value is -1.75. The summed E-state index contributed by atoms with van der Waals surface area (Å²) in [7, 11) is 0. The van der Waals surface area contributed by atoms with Gasteiger partial charge < -0.3 is 5.32 Å². The number of hydrogen-bond acceptors (Lipinski definition) is 3. The maximum atomic E-state index is 11.7. The Labute approximate surface area is 111 Å². The lowest BCUT2D eigenvalue weighted by atomic mass is 10.1. The van der Waals surface area contributed by atoms with Crippen molar-refractivity contribution in [2.75, 3.05) is 12.3 Å². The van der Waals surface area contributed by atoms with Gasteiger partial charge in [0.15, 0.2) is 0 Å². The molecule has 5 heteroatoms. The number of amides is 1. The molecule has 0 saturated carbocycles. The molecule has 1 heterocycles. The standard InChI is InChI=1S/C13H15N3OS/c1-9-2-4-10(5-3-9)11-8-12(16-15-11)13(17)14-6-7-18/h2-5,8,18H,6-7H2,1H3,(H,14,17)(H,15,16). The molecule has 0 unspecified atom stereocenters. The molecule has 0 aliphatic carbocycles. The number of aromatic amines is 1. The highest BCUT2D eigenvalue weighted by atomic mass is 32.1. The van der Waals surface area contributed by atoms with Crippen LogP contribution in [0.15, 0.2) is 30.3 Å². The number of rotatable bonds is 4. The summed E-state index contributed by atoms with van der Waals surface area (Å²) >= 11 is 4.04. The first kappa shape index (κ1) is 12.7. The normalized spacial score (nSPS) is 10.3. The van der Waals surface area contributed by atoms with Crippen LogP contribution in [-0.4, -0.2) is 28.4 Å². The smallest absolute Gasteiger partial charge is 0.269 e. The minimum Gasteiger partial charge on any atom is -0.350 e. The fraction of sp³-hybridized carbons (Fsp3) is 0.231. The van der Waals surface area contributed by atoms with Crippen LogP contribution in [0.25, 0.3) is 11.3 Å². The Bertz CT molecular complexity index is 533. The summed E-state index contributed by atoms with van der Waals surface area (Å²) in [6, 6.07) is 9.76. The fourth-order valence-corrected chi connectivity index (χ4v) is 1.69. The van der Waals surface area contributed by atoms with Gasteiger partial charge in [-0.2, -0.15) is 17.7 Å². The van der Waals surface area contributed by atoms with Crippen LogP contribution in [0, 0.1) is 6.92 Å². The van der Waals surface area contributed by atoms with E-state index in [1.807, 2.05) is 31.2 Å². The van der Waals surface area contributed by atoms with Gasteiger partial charge in [-0.3, -0.25) is 9.89 Å². The van der Waals surface area contributed by atoms with Gasteiger partial charge in [0.05, 0.1) is 5.69 Å². The molecule has 94 valence electrons. The van der Waals surface area contributed by atoms with Crippen molar-refractivity contribution in [1.29, 1.82) is 0 Å². The Morgan fingerprint density at radius 2 is 2.11 bits per heavy atom. The summed E-state index contributed by atoms with van der Waals surface area (Å²) in [6.07, 6.45) is 0. The molecular formula is C13H15N3OS. The number of nitrogens with one attached hydrogen (secondary N) is 2. The van der Waals surface area contributed by atoms with Crippen molar-refractivity contribution in [3.05, 3.63) is 41.6 Å². The molecule has 0 aliphatic heterocycles. The largest absolute Gasteiger partial charge is 0.350 e. The zero-order valence-electron chi connectivity index (χ0n) is 10.1. The SMILES string of the molecule is Cc1ccc(-c2cc(C(=O)NCCS)[nH]n2)cc1. The van der Waals surface area contributed by atoms with Crippen LogP contribution in [0.4, 0.5) is 0 Å². The summed E-state index contributed by atoms with van der Waals surface area (Å²) in [5.74, 6) is 0.458. The van der Waals surface area contributed by atoms with Gasteiger partial charge in [0, 0.05) is 17.9 Å². The molecule has 0 saturated heterocycles. The van der Waals surface area contributed by atoms with E-state index in [9.17, 15) is 4.79 Å². The topological polar surface area (TPSA) is 57.8 Å². The second-order valence-corrected chi connectivity index (χ2v) is 4.46. The molecule has 2 aromatic rings. The molecule has 2 N–H and O–H groups in total. The number of hydrogen-bond donors (Lipinski definition) is 3. The van der Waals surface area contributed by atoms with Gasteiger partial charge in [-0.1, -0.05) is 29.8 Å². The molecule has 1 amide bonds. The van der Waals surface area contributed by atoms with Crippen LogP contribution in [0.3, 0.4) is 0 Å². The van der Waals surface area contributed by atoms with Crippen molar-refractivity contribution in [1.82, 2.24) is 15.5 Å². The lowest BCUT2D eigenvalue weighted by Crippen LogP contribution is -2.25. The number of benzene rings is 1. The van der Waals surface area contributed by atoms with Crippen LogP contribution in [0.1, 0.15) is 16.1 Å². The molecule has 0 fully saturated rings. The van der Waals surface area contributed by atoms with E-state index in [2.05, 4.69) is 28.1 Å². The molecule has 0 atom stereocenters. The Morgan fingerprint density at radius 3 is 2.78 bits per heavy atom. The van der Waals surface area contributed by atoms with Crippen LogP contribution >= 0.6 is 12.6 Å². The first-order valence-corrected chi connectivity index (χ1v) is 6.35. The van der Waals surface area contributed by atoms with Crippen molar-refractivity contribution >= 4 is 18.5 Å². The minimum atomic E-state index is -0.157. The van der Waals surface area contributed by atoms with Gasteiger partial charge in [0.25, 0.3) is 5.91 Å². The number of aryl methyl sites for hydroxylation is 1. The second-order valence-electron chi connectivity index (χ2n) is 4.01. The van der Waals surface area contributed by atoms with Gasteiger partial charge in [-0.25, -0.2) is 0 Å². The number of H-pyrrole nitrogens is 1. The van der Waals surface area contributed by atoms with E-state index >= 15 is 0 Å². The van der Waals surface area contributed by atoms with E-state index in [1.165, 1.54) is 5.56 Å². The summed E-state index contributed by atoms with van der Waals surface area (Å²) in [4.78, 5) is 11.7. The molecule has 1 aromatic heterocycles. The average Bonchev–Trinajstić information content (AvgIpc) is 2.86. The number of carbonyl (C=O) groups is 1. The van der Waals surface area contributed by atoms with Crippen LogP contribution in [-0.2, 0) is 0 Å². The van der Waals surface area contributed by atoms with E-state index in [-0.39, 0.29) is 5.91 Å². The van der Waals surface area contributed by atoms with Gasteiger partial charge in [-0.15, -0.1) is 0 Å². The summed E-state index contributed by atoms with van der Waals surface area (Å²) in [6.45, 7) is 2.57. The van der Waals surface area contributed by atoms with Crippen molar-refractivity contribution in [2.45, 2.75) is 6.92 Å². The third-order valence-corrected chi connectivity index (χ3v) is 2.79. The van der Waals surface area contributed by atoms with Crippen molar-refractivity contribution in [3.8, 4) is 11.3 Å². The van der Waals surface area contributed by atoms with E-state index in [4.69, 9.17) is 0 Å². The predicted octanol–water partition coefficient (Wildman–Crippen LogP) is 2.04. The molecule has 0 radical (unpaired) electrons. The van der Waals surface area contributed by atoms with Gasteiger partial charge >= 0.3 is 0 Å². The quantitative estimate of drug-likeness (QED) is 0.738. The minimum absolute atomic E-state index is 0.157. The highest BCUT2D eigenvalue weighted by Gasteiger charge is 2.09. The third kappa shape index (κ3) is 2.92. The molecular weight excluding hydrogens is 246 g/mol. The number of carbonyl (C=O) groups excluding carboxylic acids is 1. The zero-order chi connectivity index (χ0) is 13.0. The molecule has 0 spiro atoms. The molecule has 0 aliphatic rings. The summed E-state index contributed by atoms with van der Waals surface area (Å²) < 4.78 is 0. The van der Waals surface area contributed by atoms with E-state index in [0.29, 0.717) is 18.0 Å². The van der Waals surface area contributed by atoms with Crippen LogP contribution in [0.2, 0.25) is 0 Å². The number of thiol groups is 1. The Kier molecular flexibility index (Phi) is 4.04. The van der Waals surface area contributed by atoms with E-state index in [1.54, 1.807) is 6.07 Å².